The molecular formula is C16H17ClN2O3. The molecule has 0 spiro atoms. The molecule has 0 saturated carbocycles. The van der Waals surface area contributed by atoms with Gasteiger partial charge in [-0.05, 0) is 17.2 Å². The Morgan fingerprint density at radius 3 is 2.41 bits per heavy atom. The number of nitro benzene ring substituents is 1. The van der Waals surface area contributed by atoms with E-state index in [2.05, 4.69) is 0 Å². The van der Waals surface area contributed by atoms with Crippen molar-refractivity contribution in [3.8, 4) is 0 Å². The highest BCUT2D eigenvalue weighted by molar-refractivity contribution is 6.32. The van der Waals surface area contributed by atoms with Crippen LogP contribution < -0.4 is 0 Å². The van der Waals surface area contributed by atoms with E-state index in [-0.39, 0.29) is 17.3 Å². The molecule has 0 atom stereocenters. The molecule has 0 radical (unpaired) electrons. The third-order valence-corrected chi connectivity index (χ3v) is 3.60. The summed E-state index contributed by atoms with van der Waals surface area (Å²) in [4.78, 5) is 12.5. The molecule has 116 valence electrons. The van der Waals surface area contributed by atoms with E-state index in [0.717, 1.165) is 11.1 Å². The minimum Gasteiger partial charge on any atom is -0.395 e. The SMILES string of the molecule is O=[N+]([O-])c1cc(CN(CCO)Cc2ccccc2)ccc1Cl. The molecule has 0 saturated heterocycles. The van der Waals surface area contributed by atoms with Crippen molar-refractivity contribution in [2.75, 3.05) is 13.2 Å². The number of benzene rings is 2. The van der Waals surface area contributed by atoms with Gasteiger partial charge in [-0.3, -0.25) is 15.0 Å². The van der Waals surface area contributed by atoms with Gasteiger partial charge in [-0.1, -0.05) is 48.0 Å². The largest absolute Gasteiger partial charge is 0.395 e. The Morgan fingerprint density at radius 2 is 1.77 bits per heavy atom. The molecule has 22 heavy (non-hydrogen) atoms. The van der Waals surface area contributed by atoms with Crippen molar-refractivity contribution in [2.24, 2.45) is 0 Å². The second-order valence-corrected chi connectivity index (χ2v) is 5.37. The first-order valence-corrected chi connectivity index (χ1v) is 7.28. The molecule has 0 heterocycles. The molecule has 0 aromatic heterocycles. The maximum atomic E-state index is 10.9. The Bertz CT molecular complexity index is 635. The lowest BCUT2D eigenvalue weighted by molar-refractivity contribution is -0.384. The molecule has 5 nitrogen and oxygen atoms in total. The van der Waals surface area contributed by atoms with Crippen molar-refractivity contribution in [3.63, 3.8) is 0 Å². The summed E-state index contributed by atoms with van der Waals surface area (Å²) < 4.78 is 0. The number of hydrogen-bond acceptors (Lipinski definition) is 4. The monoisotopic (exact) mass is 320 g/mol. The average molecular weight is 321 g/mol. The lowest BCUT2D eigenvalue weighted by atomic mass is 10.1. The number of nitrogens with zero attached hydrogens (tertiary/aromatic N) is 2. The topological polar surface area (TPSA) is 66.6 Å². The summed E-state index contributed by atoms with van der Waals surface area (Å²) >= 11 is 5.82. The van der Waals surface area contributed by atoms with Gasteiger partial charge in [0.2, 0.25) is 0 Å². The highest BCUT2D eigenvalue weighted by atomic mass is 35.5. The van der Waals surface area contributed by atoms with Gasteiger partial charge in [0.1, 0.15) is 5.02 Å². The van der Waals surface area contributed by atoms with Gasteiger partial charge in [0.05, 0.1) is 11.5 Å². The van der Waals surface area contributed by atoms with Crippen LogP contribution in [-0.4, -0.2) is 28.1 Å². The fourth-order valence-electron chi connectivity index (χ4n) is 2.25. The number of rotatable bonds is 7. The van der Waals surface area contributed by atoms with Crippen LogP contribution in [0.4, 0.5) is 5.69 Å². The lowest BCUT2D eigenvalue weighted by Crippen LogP contribution is -2.26. The van der Waals surface area contributed by atoms with Crippen LogP contribution in [0.2, 0.25) is 5.02 Å². The van der Waals surface area contributed by atoms with Crippen molar-refractivity contribution in [2.45, 2.75) is 13.1 Å². The summed E-state index contributed by atoms with van der Waals surface area (Å²) in [7, 11) is 0. The summed E-state index contributed by atoms with van der Waals surface area (Å²) in [6.45, 7) is 1.69. The fourth-order valence-corrected chi connectivity index (χ4v) is 2.44. The predicted molar refractivity (Wildman–Crippen MR) is 85.7 cm³/mol. The average Bonchev–Trinajstić information content (AvgIpc) is 2.50. The van der Waals surface area contributed by atoms with Crippen LogP contribution in [0, 0.1) is 10.1 Å². The van der Waals surface area contributed by atoms with Gasteiger partial charge in [-0.2, -0.15) is 0 Å². The minimum atomic E-state index is -0.487. The molecular weight excluding hydrogens is 304 g/mol. The maximum absolute atomic E-state index is 10.9. The molecule has 1 N–H and O–H groups in total. The summed E-state index contributed by atoms with van der Waals surface area (Å²) in [5.74, 6) is 0. The van der Waals surface area contributed by atoms with Gasteiger partial charge in [0.25, 0.3) is 5.69 Å². The fraction of sp³-hybridized carbons (Fsp3) is 0.250. The van der Waals surface area contributed by atoms with E-state index in [4.69, 9.17) is 11.6 Å². The van der Waals surface area contributed by atoms with Gasteiger partial charge < -0.3 is 5.11 Å². The van der Waals surface area contributed by atoms with E-state index in [1.807, 2.05) is 35.2 Å². The van der Waals surface area contributed by atoms with Gasteiger partial charge in [-0.15, -0.1) is 0 Å². The molecule has 2 aromatic carbocycles. The van der Waals surface area contributed by atoms with E-state index in [9.17, 15) is 15.2 Å². The molecule has 0 aliphatic heterocycles. The Kier molecular flexibility index (Phi) is 5.89. The third-order valence-electron chi connectivity index (χ3n) is 3.28. The van der Waals surface area contributed by atoms with Gasteiger partial charge in [0.15, 0.2) is 0 Å². The van der Waals surface area contributed by atoms with Crippen LogP contribution in [0.1, 0.15) is 11.1 Å². The van der Waals surface area contributed by atoms with E-state index < -0.39 is 4.92 Å². The van der Waals surface area contributed by atoms with Crippen LogP contribution in [0.3, 0.4) is 0 Å². The second kappa shape index (κ2) is 7.89. The second-order valence-electron chi connectivity index (χ2n) is 4.96. The third kappa shape index (κ3) is 4.53. The zero-order valence-electron chi connectivity index (χ0n) is 12.0. The number of halogens is 1. The number of hydrogen-bond donors (Lipinski definition) is 1. The molecule has 2 aromatic rings. The Morgan fingerprint density at radius 1 is 1.09 bits per heavy atom. The van der Waals surface area contributed by atoms with Crippen LogP contribution in [-0.2, 0) is 13.1 Å². The zero-order valence-corrected chi connectivity index (χ0v) is 12.7. The standard InChI is InChI=1S/C16H17ClN2O3/c17-15-7-6-14(10-16(15)19(21)22)12-18(8-9-20)11-13-4-2-1-3-5-13/h1-7,10,20H,8-9,11-12H2. The summed E-state index contributed by atoms with van der Waals surface area (Å²) in [5.41, 5.74) is 1.82. The first-order chi connectivity index (χ1) is 10.6. The minimum absolute atomic E-state index is 0.0303. The van der Waals surface area contributed by atoms with Crippen molar-refractivity contribution >= 4 is 17.3 Å². The van der Waals surface area contributed by atoms with E-state index >= 15 is 0 Å². The number of aliphatic hydroxyl groups is 1. The van der Waals surface area contributed by atoms with Crippen LogP contribution in [0.15, 0.2) is 48.5 Å². The quantitative estimate of drug-likeness (QED) is 0.628. The van der Waals surface area contributed by atoms with Crippen molar-refractivity contribution in [1.82, 2.24) is 4.90 Å². The maximum Gasteiger partial charge on any atom is 0.288 e. The molecule has 0 amide bonds. The van der Waals surface area contributed by atoms with Crippen LogP contribution >= 0.6 is 11.6 Å². The van der Waals surface area contributed by atoms with Crippen LogP contribution in [0.25, 0.3) is 0 Å². The zero-order chi connectivity index (χ0) is 15.9. The van der Waals surface area contributed by atoms with Crippen molar-refractivity contribution in [3.05, 3.63) is 74.8 Å². The molecule has 0 unspecified atom stereocenters. The highest BCUT2D eigenvalue weighted by Crippen LogP contribution is 2.25. The van der Waals surface area contributed by atoms with Crippen molar-refractivity contribution in [1.29, 1.82) is 0 Å². The normalized spacial score (nSPS) is 10.9. The summed E-state index contributed by atoms with van der Waals surface area (Å²) in [6.07, 6.45) is 0. The van der Waals surface area contributed by atoms with Crippen LogP contribution in [0.5, 0.6) is 0 Å². The first kappa shape index (κ1) is 16.4. The first-order valence-electron chi connectivity index (χ1n) is 6.90. The number of nitro groups is 1. The lowest BCUT2D eigenvalue weighted by Gasteiger charge is -2.21. The number of aliphatic hydroxyl groups excluding tert-OH is 1. The van der Waals surface area contributed by atoms with Gasteiger partial charge >= 0.3 is 0 Å². The van der Waals surface area contributed by atoms with E-state index in [0.29, 0.717) is 19.6 Å². The highest BCUT2D eigenvalue weighted by Gasteiger charge is 2.14. The molecule has 0 fully saturated rings. The Hall–Kier alpha value is -1.95. The Balaban J connectivity index is 2.14. The van der Waals surface area contributed by atoms with E-state index in [1.165, 1.54) is 12.1 Å². The van der Waals surface area contributed by atoms with E-state index in [1.54, 1.807) is 6.07 Å². The van der Waals surface area contributed by atoms with Crippen molar-refractivity contribution < 1.29 is 10.0 Å². The smallest absolute Gasteiger partial charge is 0.288 e. The molecule has 0 bridgehead atoms. The summed E-state index contributed by atoms with van der Waals surface area (Å²) in [6, 6.07) is 14.7. The molecule has 2 rings (SSSR count). The molecule has 0 aliphatic carbocycles. The van der Waals surface area contributed by atoms with Gasteiger partial charge in [-0.25, -0.2) is 0 Å². The summed E-state index contributed by atoms with van der Waals surface area (Å²) in [5, 5.41) is 20.3. The molecule has 6 heteroatoms. The predicted octanol–water partition coefficient (Wildman–Crippen LogP) is 3.24. The Labute approximate surface area is 133 Å². The van der Waals surface area contributed by atoms with Gasteiger partial charge in [0, 0.05) is 25.7 Å². The molecule has 0 aliphatic rings.